The van der Waals surface area contributed by atoms with E-state index < -0.39 is 12.4 Å². The third-order valence-corrected chi connectivity index (χ3v) is 7.52. The molecule has 5 rings (SSSR count). The van der Waals surface area contributed by atoms with Crippen molar-refractivity contribution in [2.45, 2.75) is 33.1 Å². The molecule has 44 heavy (non-hydrogen) atoms. The maximum absolute atomic E-state index is 12.7. The smallest absolute Gasteiger partial charge is 0.406 e. The normalized spacial score (nSPS) is 14.9. The molecule has 1 aliphatic rings. The Morgan fingerprint density at radius 2 is 1.77 bits per heavy atom. The lowest BCUT2D eigenvalue weighted by Crippen LogP contribution is -2.31. The Kier molecular flexibility index (Phi) is 8.86. The SMILES string of the molecule is CC(=CNC(=O)N=C1SCC(=O)N1c1ccccc1C(C)C)c1ccc(-c2ncn(-c3ccc(OC(F)(F)F)cc3)n2)cc1. The summed E-state index contributed by atoms with van der Waals surface area (Å²) >= 11 is 1.22. The molecule has 2 heterocycles. The molecule has 226 valence electrons. The number of benzene rings is 3. The van der Waals surface area contributed by atoms with Crippen molar-refractivity contribution in [3.05, 3.63) is 96.5 Å². The minimum absolute atomic E-state index is 0.130. The van der Waals surface area contributed by atoms with Crippen LogP contribution in [0.15, 0.2) is 90.3 Å². The standard InChI is InChI=1S/C31H27F3N6O3S/c1-19(2)25-6-4-5-7-26(25)40-27(41)17-44-30(40)37-29(42)35-16-20(3)21-8-10-22(11-9-21)28-36-18-39(38-28)23-12-14-24(15-13-23)43-31(32,33)34/h4-16,18-19H,17H2,1-3H3,(H,35,42). The monoisotopic (exact) mass is 620 g/mol. The Hall–Kier alpha value is -4.91. The minimum atomic E-state index is -4.76. The summed E-state index contributed by atoms with van der Waals surface area (Å²) in [6.07, 6.45) is -1.75. The topological polar surface area (TPSA) is 102 Å². The van der Waals surface area contributed by atoms with E-state index in [1.807, 2.05) is 69.3 Å². The van der Waals surface area contributed by atoms with Gasteiger partial charge in [0.1, 0.15) is 12.1 Å². The van der Waals surface area contributed by atoms with Crippen molar-refractivity contribution in [1.29, 1.82) is 0 Å². The van der Waals surface area contributed by atoms with Crippen LogP contribution in [0.4, 0.5) is 23.7 Å². The largest absolute Gasteiger partial charge is 0.573 e. The number of alkyl halides is 3. The van der Waals surface area contributed by atoms with Gasteiger partial charge >= 0.3 is 12.4 Å². The van der Waals surface area contributed by atoms with E-state index in [-0.39, 0.29) is 23.3 Å². The molecule has 3 amide bonds. The first-order valence-corrected chi connectivity index (χ1v) is 14.5. The van der Waals surface area contributed by atoms with Gasteiger partial charge in [0.05, 0.1) is 17.1 Å². The maximum Gasteiger partial charge on any atom is 0.573 e. The highest BCUT2D eigenvalue weighted by molar-refractivity contribution is 8.15. The van der Waals surface area contributed by atoms with Crippen molar-refractivity contribution in [2.24, 2.45) is 4.99 Å². The molecule has 3 aromatic carbocycles. The van der Waals surface area contributed by atoms with E-state index in [4.69, 9.17) is 0 Å². The lowest BCUT2D eigenvalue weighted by molar-refractivity contribution is -0.274. The van der Waals surface area contributed by atoms with Crippen LogP contribution < -0.4 is 15.0 Å². The van der Waals surface area contributed by atoms with Gasteiger partial charge in [0, 0.05) is 11.8 Å². The zero-order valence-electron chi connectivity index (χ0n) is 23.9. The molecule has 0 unspecified atom stereocenters. The molecule has 1 aliphatic heterocycles. The molecule has 1 N–H and O–H groups in total. The Bertz CT molecular complexity index is 1730. The Morgan fingerprint density at radius 1 is 1.07 bits per heavy atom. The van der Waals surface area contributed by atoms with Gasteiger partial charge in [-0.1, -0.05) is 68.1 Å². The van der Waals surface area contributed by atoms with E-state index in [1.165, 1.54) is 51.9 Å². The number of anilines is 1. The number of urea groups is 1. The second-order valence-corrected chi connectivity index (χ2v) is 11.0. The van der Waals surface area contributed by atoms with E-state index in [0.29, 0.717) is 16.7 Å². The average molecular weight is 621 g/mol. The fourth-order valence-corrected chi connectivity index (χ4v) is 5.29. The summed E-state index contributed by atoms with van der Waals surface area (Å²) in [7, 11) is 0. The maximum atomic E-state index is 12.7. The average Bonchev–Trinajstić information content (AvgIpc) is 3.62. The summed E-state index contributed by atoms with van der Waals surface area (Å²) in [6, 6.07) is 19.6. The fraction of sp³-hybridized carbons (Fsp3) is 0.194. The molecule has 13 heteroatoms. The van der Waals surface area contributed by atoms with Gasteiger partial charge in [0.25, 0.3) is 0 Å². The fourth-order valence-electron chi connectivity index (χ4n) is 4.44. The first-order chi connectivity index (χ1) is 21.0. The third-order valence-electron chi connectivity index (χ3n) is 6.60. The number of aromatic nitrogens is 3. The van der Waals surface area contributed by atoms with Gasteiger partial charge in [-0.2, -0.15) is 4.99 Å². The first-order valence-electron chi connectivity index (χ1n) is 13.5. The van der Waals surface area contributed by atoms with Crippen molar-refractivity contribution in [2.75, 3.05) is 10.7 Å². The van der Waals surface area contributed by atoms with Crippen LogP contribution >= 0.6 is 11.8 Å². The van der Waals surface area contributed by atoms with Crippen LogP contribution in [0.5, 0.6) is 5.75 Å². The molecule has 4 aromatic rings. The zero-order chi connectivity index (χ0) is 31.4. The molecular weight excluding hydrogens is 593 g/mol. The molecule has 0 spiro atoms. The predicted octanol–water partition coefficient (Wildman–Crippen LogP) is 7.16. The second-order valence-electron chi connectivity index (χ2n) is 10.0. The highest BCUT2D eigenvalue weighted by Crippen LogP contribution is 2.33. The van der Waals surface area contributed by atoms with Gasteiger partial charge in [0.15, 0.2) is 11.0 Å². The number of nitrogens with zero attached hydrogens (tertiary/aromatic N) is 5. The highest BCUT2D eigenvalue weighted by atomic mass is 32.2. The Morgan fingerprint density at radius 3 is 2.45 bits per heavy atom. The van der Waals surface area contributed by atoms with Crippen molar-refractivity contribution in [3.8, 4) is 22.8 Å². The summed E-state index contributed by atoms with van der Waals surface area (Å²) < 4.78 is 42.6. The van der Waals surface area contributed by atoms with Gasteiger partial charge in [-0.25, -0.2) is 14.5 Å². The number of amidine groups is 1. The number of nitrogens with one attached hydrogen (secondary N) is 1. The molecule has 1 fully saturated rings. The number of thioether (sulfide) groups is 1. The van der Waals surface area contributed by atoms with E-state index >= 15 is 0 Å². The van der Waals surface area contributed by atoms with Crippen LogP contribution in [-0.4, -0.2) is 44.0 Å². The van der Waals surface area contributed by atoms with Crippen molar-refractivity contribution >= 4 is 40.1 Å². The van der Waals surface area contributed by atoms with E-state index in [9.17, 15) is 22.8 Å². The molecule has 0 radical (unpaired) electrons. The van der Waals surface area contributed by atoms with E-state index in [0.717, 1.165) is 28.0 Å². The van der Waals surface area contributed by atoms with Gasteiger partial charge < -0.3 is 10.1 Å². The quantitative estimate of drug-likeness (QED) is 0.235. The second kappa shape index (κ2) is 12.8. The van der Waals surface area contributed by atoms with Crippen LogP contribution in [0, 0.1) is 0 Å². The molecule has 0 aliphatic carbocycles. The molecular formula is C31H27F3N6O3S. The number of carbonyl (C=O) groups excluding carboxylic acids is 2. The third kappa shape index (κ3) is 7.17. The van der Waals surface area contributed by atoms with Gasteiger partial charge in [-0.15, -0.1) is 18.3 Å². The lowest BCUT2D eigenvalue weighted by atomic mass is 10.0. The zero-order valence-corrected chi connectivity index (χ0v) is 24.7. The summed E-state index contributed by atoms with van der Waals surface area (Å²) in [5, 5.41) is 7.42. The number of amides is 3. The minimum Gasteiger partial charge on any atom is -0.406 e. The Balaban J connectivity index is 1.24. The van der Waals surface area contributed by atoms with Gasteiger partial charge in [-0.05, 0) is 59.9 Å². The highest BCUT2D eigenvalue weighted by Gasteiger charge is 2.32. The number of halogens is 3. The number of allylic oxidation sites excluding steroid dienone is 1. The van der Waals surface area contributed by atoms with Gasteiger partial charge in [0.2, 0.25) is 5.91 Å². The van der Waals surface area contributed by atoms with Crippen LogP contribution in [0.2, 0.25) is 0 Å². The summed E-state index contributed by atoms with van der Waals surface area (Å²) in [6.45, 7) is 5.92. The molecule has 9 nitrogen and oxygen atoms in total. The van der Waals surface area contributed by atoms with Crippen LogP contribution in [0.25, 0.3) is 22.6 Å². The van der Waals surface area contributed by atoms with Crippen molar-refractivity contribution in [3.63, 3.8) is 0 Å². The molecule has 1 saturated heterocycles. The predicted molar refractivity (Wildman–Crippen MR) is 164 cm³/mol. The Labute approximate surface area is 255 Å². The molecule has 1 aromatic heterocycles. The summed E-state index contributed by atoms with van der Waals surface area (Å²) in [4.78, 5) is 35.4. The number of aliphatic imine (C=N–C) groups is 1. The summed E-state index contributed by atoms with van der Waals surface area (Å²) in [5.41, 5.74) is 4.55. The molecule has 0 atom stereocenters. The van der Waals surface area contributed by atoms with E-state index in [1.54, 1.807) is 6.20 Å². The van der Waals surface area contributed by atoms with Crippen LogP contribution in [0.3, 0.4) is 0 Å². The summed E-state index contributed by atoms with van der Waals surface area (Å²) in [5.74, 6) is 0.354. The lowest BCUT2D eigenvalue weighted by Gasteiger charge is -2.21. The number of rotatable bonds is 7. The van der Waals surface area contributed by atoms with Crippen LogP contribution in [-0.2, 0) is 4.79 Å². The van der Waals surface area contributed by atoms with Crippen molar-refractivity contribution in [1.82, 2.24) is 20.1 Å². The van der Waals surface area contributed by atoms with Crippen molar-refractivity contribution < 1.29 is 27.5 Å². The molecule has 0 saturated carbocycles. The van der Waals surface area contributed by atoms with Gasteiger partial charge in [-0.3, -0.25) is 9.69 Å². The molecule has 0 bridgehead atoms. The number of hydrogen-bond donors (Lipinski definition) is 1. The van der Waals surface area contributed by atoms with E-state index in [2.05, 4.69) is 25.1 Å². The number of para-hydroxylation sites is 1. The first kappa shape index (κ1) is 30.5. The van der Waals surface area contributed by atoms with Crippen LogP contribution in [0.1, 0.15) is 37.8 Å². The number of carbonyl (C=O) groups is 2. The number of hydrogen-bond acceptors (Lipinski definition) is 6. The number of ether oxygens (including phenoxy) is 1.